The van der Waals surface area contributed by atoms with Crippen LogP contribution in [0.25, 0.3) is 0 Å². The molecule has 1 aromatic rings. The minimum atomic E-state index is -0.520. The van der Waals surface area contributed by atoms with Gasteiger partial charge in [-0.2, -0.15) is 0 Å². The molecule has 0 radical (unpaired) electrons. The normalized spacial score (nSPS) is 19.0. The van der Waals surface area contributed by atoms with Crippen molar-refractivity contribution >= 4 is 46.6 Å². The van der Waals surface area contributed by atoms with Crippen LogP contribution in [0.4, 0.5) is 20.6 Å². The second-order valence-electron chi connectivity index (χ2n) is 8.45. The van der Waals surface area contributed by atoms with Crippen molar-refractivity contribution in [3.05, 3.63) is 24.0 Å². The smallest absolute Gasteiger partial charge is 0.414 e. The Balaban J connectivity index is 1.55. The first-order valence-electron chi connectivity index (χ1n) is 11.4. The van der Waals surface area contributed by atoms with Crippen molar-refractivity contribution in [3.8, 4) is 0 Å². The molecule has 2 fully saturated rings. The van der Waals surface area contributed by atoms with Gasteiger partial charge in [-0.05, 0) is 24.6 Å². The van der Waals surface area contributed by atoms with E-state index in [0.29, 0.717) is 50.6 Å². The van der Waals surface area contributed by atoms with E-state index in [4.69, 9.17) is 21.7 Å². The van der Waals surface area contributed by atoms with Gasteiger partial charge in [0.25, 0.3) is 5.91 Å². The SMILES string of the molecule is CCC(C)C(=S)NCC1CN(c2ccc(N3CCN(C(=O)COC(C)=O)CC3)c(F)c2)C(=O)O1. The molecule has 3 rings (SSSR count). The van der Waals surface area contributed by atoms with E-state index in [1.807, 2.05) is 11.8 Å². The number of thiocarbonyl (C=S) groups is 1. The van der Waals surface area contributed by atoms with E-state index < -0.39 is 17.9 Å². The van der Waals surface area contributed by atoms with E-state index >= 15 is 0 Å². The number of piperazine rings is 1. The zero-order valence-corrected chi connectivity index (χ0v) is 20.5. The molecular weight excluding hydrogens is 463 g/mol. The van der Waals surface area contributed by atoms with Gasteiger partial charge in [-0.3, -0.25) is 14.5 Å². The number of carbonyl (C=O) groups excluding carboxylic acids is 3. The topological polar surface area (TPSA) is 91.4 Å². The Labute approximate surface area is 204 Å². The molecule has 2 aliphatic heterocycles. The monoisotopic (exact) mass is 494 g/mol. The molecule has 2 atom stereocenters. The Morgan fingerprint density at radius 2 is 2.00 bits per heavy atom. The van der Waals surface area contributed by atoms with Crippen molar-refractivity contribution in [2.75, 3.05) is 55.7 Å². The first-order chi connectivity index (χ1) is 16.2. The van der Waals surface area contributed by atoms with Crippen molar-refractivity contribution in [1.29, 1.82) is 0 Å². The summed E-state index contributed by atoms with van der Waals surface area (Å²) in [5, 5.41) is 3.15. The summed E-state index contributed by atoms with van der Waals surface area (Å²) in [5.41, 5.74) is 0.828. The predicted octanol–water partition coefficient (Wildman–Crippen LogP) is 2.33. The van der Waals surface area contributed by atoms with Gasteiger partial charge in [-0.1, -0.05) is 26.1 Å². The Hall–Kier alpha value is -2.95. The molecule has 2 saturated heterocycles. The molecule has 2 heterocycles. The van der Waals surface area contributed by atoms with E-state index in [9.17, 15) is 18.8 Å². The van der Waals surface area contributed by atoms with Crippen LogP contribution in [0.5, 0.6) is 0 Å². The van der Waals surface area contributed by atoms with Gasteiger partial charge >= 0.3 is 12.1 Å². The van der Waals surface area contributed by atoms with Gasteiger partial charge in [-0.15, -0.1) is 0 Å². The van der Waals surface area contributed by atoms with Crippen LogP contribution in [0.2, 0.25) is 0 Å². The molecule has 2 aliphatic rings. The summed E-state index contributed by atoms with van der Waals surface area (Å²) in [4.78, 5) is 40.9. The fourth-order valence-electron chi connectivity index (χ4n) is 3.78. The molecule has 2 amide bonds. The summed E-state index contributed by atoms with van der Waals surface area (Å²) < 4.78 is 25.1. The first kappa shape index (κ1) is 25.7. The molecule has 11 heteroatoms. The summed E-state index contributed by atoms with van der Waals surface area (Å²) >= 11 is 5.34. The summed E-state index contributed by atoms with van der Waals surface area (Å²) in [5.74, 6) is -0.983. The third-order valence-corrected chi connectivity index (χ3v) is 6.60. The maximum atomic E-state index is 15.0. The third kappa shape index (κ3) is 6.34. The fraction of sp³-hybridized carbons (Fsp3) is 0.565. The number of benzene rings is 1. The number of esters is 1. The highest BCUT2D eigenvalue weighted by atomic mass is 32.1. The number of anilines is 2. The van der Waals surface area contributed by atoms with Gasteiger partial charge in [0.1, 0.15) is 11.9 Å². The third-order valence-electron chi connectivity index (χ3n) is 6.05. The van der Waals surface area contributed by atoms with Crippen LogP contribution in [0, 0.1) is 11.7 Å². The minimum absolute atomic E-state index is 0.249. The maximum Gasteiger partial charge on any atom is 0.414 e. The van der Waals surface area contributed by atoms with E-state index in [2.05, 4.69) is 12.2 Å². The molecule has 1 N–H and O–H groups in total. The molecule has 0 bridgehead atoms. The van der Waals surface area contributed by atoms with Gasteiger partial charge in [0.2, 0.25) is 0 Å². The van der Waals surface area contributed by atoms with Crippen LogP contribution in [-0.4, -0.2) is 79.8 Å². The number of nitrogens with zero attached hydrogens (tertiary/aromatic N) is 3. The van der Waals surface area contributed by atoms with E-state index in [1.165, 1.54) is 17.9 Å². The lowest BCUT2D eigenvalue weighted by Gasteiger charge is -2.36. The van der Waals surface area contributed by atoms with Crippen molar-refractivity contribution in [3.63, 3.8) is 0 Å². The first-order valence-corrected chi connectivity index (χ1v) is 11.8. The predicted molar refractivity (Wildman–Crippen MR) is 129 cm³/mol. The zero-order chi connectivity index (χ0) is 24.8. The van der Waals surface area contributed by atoms with Crippen LogP contribution in [0.3, 0.4) is 0 Å². The summed E-state index contributed by atoms with van der Waals surface area (Å²) in [6.45, 7) is 7.44. The number of halogens is 1. The van der Waals surface area contributed by atoms with Crippen molar-refractivity contribution in [2.24, 2.45) is 5.92 Å². The second-order valence-corrected chi connectivity index (χ2v) is 8.89. The van der Waals surface area contributed by atoms with E-state index in [1.54, 1.807) is 17.0 Å². The zero-order valence-electron chi connectivity index (χ0n) is 19.7. The Bertz CT molecular complexity index is 938. The number of nitrogens with one attached hydrogen (secondary N) is 1. The lowest BCUT2D eigenvalue weighted by atomic mass is 10.1. The molecule has 1 aromatic carbocycles. The van der Waals surface area contributed by atoms with Crippen molar-refractivity contribution in [1.82, 2.24) is 10.2 Å². The molecule has 0 saturated carbocycles. The Morgan fingerprint density at radius 1 is 1.29 bits per heavy atom. The standard InChI is InChI=1S/C23H31FN4O5S/c1-4-15(2)22(34)25-12-18-13-28(23(31)33-18)17-5-6-20(19(24)11-17)26-7-9-27(10-8-26)21(30)14-32-16(3)29/h5-6,11,15,18H,4,7-10,12-14H2,1-3H3,(H,25,34). The minimum Gasteiger partial charge on any atom is -0.456 e. The van der Waals surface area contributed by atoms with E-state index in [-0.39, 0.29) is 24.5 Å². The highest BCUT2D eigenvalue weighted by molar-refractivity contribution is 7.80. The van der Waals surface area contributed by atoms with Crippen LogP contribution >= 0.6 is 12.2 Å². The average Bonchev–Trinajstić information content (AvgIpc) is 3.20. The number of ether oxygens (including phenoxy) is 2. The van der Waals surface area contributed by atoms with E-state index in [0.717, 1.165) is 11.4 Å². The number of hydrogen-bond acceptors (Lipinski definition) is 7. The van der Waals surface area contributed by atoms with Crippen LogP contribution in [0.15, 0.2) is 18.2 Å². The molecule has 9 nitrogen and oxygen atoms in total. The lowest BCUT2D eigenvalue weighted by Crippen LogP contribution is -2.50. The summed E-state index contributed by atoms with van der Waals surface area (Å²) in [7, 11) is 0. The molecule has 2 unspecified atom stereocenters. The highest BCUT2D eigenvalue weighted by Crippen LogP contribution is 2.28. The maximum absolute atomic E-state index is 15.0. The fourth-order valence-corrected chi connectivity index (χ4v) is 4.03. The van der Waals surface area contributed by atoms with Gasteiger partial charge in [0.15, 0.2) is 6.61 Å². The molecule has 0 aliphatic carbocycles. The Morgan fingerprint density at radius 3 is 2.62 bits per heavy atom. The largest absolute Gasteiger partial charge is 0.456 e. The number of amides is 2. The molecule has 0 spiro atoms. The van der Waals surface area contributed by atoms with Gasteiger partial charge in [0.05, 0.1) is 29.5 Å². The molecule has 34 heavy (non-hydrogen) atoms. The average molecular weight is 495 g/mol. The summed E-state index contributed by atoms with van der Waals surface area (Å²) in [6, 6.07) is 4.66. The molecule has 0 aromatic heterocycles. The summed E-state index contributed by atoms with van der Waals surface area (Å²) in [6.07, 6.45) is 0.0244. The quantitative estimate of drug-likeness (QED) is 0.435. The number of carbonyl (C=O) groups is 3. The Kier molecular flexibility index (Phi) is 8.65. The van der Waals surface area contributed by atoms with Gasteiger partial charge in [0, 0.05) is 39.0 Å². The lowest BCUT2D eigenvalue weighted by molar-refractivity contribution is -0.150. The number of hydrogen-bond donors (Lipinski definition) is 1. The van der Waals surface area contributed by atoms with Crippen LogP contribution < -0.4 is 15.1 Å². The number of cyclic esters (lactones) is 1. The van der Waals surface area contributed by atoms with Crippen LogP contribution in [-0.2, 0) is 19.1 Å². The molecular formula is C23H31FN4O5S. The highest BCUT2D eigenvalue weighted by Gasteiger charge is 2.33. The van der Waals surface area contributed by atoms with Crippen molar-refractivity contribution < 1.29 is 28.2 Å². The van der Waals surface area contributed by atoms with Crippen LogP contribution in [0.1, 0.15) is 27.2 Å². The van der Waals surface area contributed by atoms with Gasteiger partial charge < -0.3 is 24.6 Å². The molecule has 186 valence electrons. The number of rotatable bonds is 8. The second kappa shape index (κ2) is 11.5. The van der Waals surface area contributed by atoms with Gasteiger partial charge in [-0.25, -0.2) is 9.18 Å². The van der Waals surface area contributed by atoms with Crippen molar-refractivity contribution in [2.45, 2.75) is 33.3 Å².